The molecule has 8 nitrogen and oxygen atoms in total. The molecule has 0 aliphatic carbocycles. The summed E-state index contributed by atoms with van der Waals surface area (Å²) in [5, 5.41) is 2.88. The van der Waals surface area contributed by atoms with E-state index in [1.54, 1.807) is 32.5 Å². The van der Waals surface area contributed by atoms with Gasteiger partial charge in [-0.2, -0.15) is 0 Å². The van der Waals surface area contributed by atoms with Gasteiger partial charge in [0.15, 0.2) is 5.69 Å². The molecule has 1 saturated heterocycles. The van der Waals surface area contributed by atoms with Gasteiger partial charge in [-0.15, -0.1) is 0 Å². The molecule has 8 heteroatoms. The number of hydrogen-bond donors (Lipinski definition) is 1. The molecule has 0 unspecified atom stereocenters. The molecule has 28 heavy (non-hydrogen) atoms. The number of carbonyl (C=O) groups excluding carboxylic acids is 3. The van der Waals surface area contributed by atoms with E-state index in [1.807, 2.05) is 6.07 Å². The fourth-order valence-corrected chi connectivity index (χ4v) is 3.28. The average Bonchev–Trinajstić information content (AvgIpc) is 3.07. The number of hydrogen-bond acceptors (Lipinski definition) is 4. The Hall–Kier alpha value is -2.90. The Morgan fingerprint density at radius 2 is 1.79 bits per heavy atom. The Labute approximate surface area is 164 Å². The van der Waals surface area contributed by atoms with Crippen molar-refractivity contribution in [3.63, 3.8) is 0 Å². The summed E-state index contributed by atoms with van der Waals surface area (Å²) < 4.78 is 1.66. The van der Waals surface area contributed by atoms with E-state index < -0.39 is 0 Å². The number of piperazine rings is 1. The lowest BCUT2D eigenvalue weighted by molar-refractivity contribution is -0.130. The molecule has 1 N–H and O–H groups in total. The average molecular weight is 385 g/mol. The Kier molecular flexibility index (Phi) is 5.96. The van der Waals surface area contributed by atoms with Crippen LogP contribution in [0, 0.1) is 5.92 Å². The molecule has 0 saturated carbocycles. The van der Waals surface area contributed by atoms with E-state index in [-0.39, 0.29) is 29.2 Å². The predicted octanol–water partition coefficient (Wildman–Crippen LogP) is 1.41. The number of nitrogens with zero attached hydrogens (tertiary/aromatic N) is 4. The predicted molar refractivity (Wildman–Crippen MR) is 105 cm³/mol. The first-order valence-corrected chi connectivity index (χ1v) is 9.68. The Morgan fingerprint density at radius 3 is 2.43 bits per heavy atom. The summed E-state index contributed by atoms with van der Waals surface area (Å²) in [5.41, 5.74) is 0.876. The smallest absolute Gasteiger partial charge is 0.287 e. The van der Waals surface area contributed by atoms with Gasteiger partial charge in [0.05, 0.1) is 5.52 Å². The normalized spacial score (nSPS) is 14.6. The SMILES string of the molecule is CC(=O)N1CCN(C(=O)c2nc(C(=O)NCCC(C)C)n3ccccc23)CC1. The van der Waals surface area contributed by atoms with Crippen LogP contribution in [0.25, 0.3) is 5.52 Å². The maximum absolute atomic E-state index is 13.0. The van der Waals surface area contributed by atoms with Gasteiger partial charge in [0.25, 0.3) is 11.8 Å². The van der Waals surface area contributed by atoms with Crippen LogP contribution in [0.1, 0.15) is 48.3 Å². The van der Waals surface area contributed by atoms with Crippen LogP contribution >= 0.6 is 0 Å². The number of amides is 3. The second-order valence-corrected chi connectivity index (χ2v) is 7.48. The molecule has 0 aromatic carbocycles. The molecule has 1 aliphatic rings. The zero-order chi connectivity index (χ0) is 20.3. The number of fused-ring (bicyclic) bond motifs is 1. The van der Waals surface area contributed by atoms with Crippen molar-refractivity contribution in [1.82, 2.24) is 24.5 Å². The molecule has 1 fully saturated rings. The minimum absolute atomic E-state index is 0.0138. The van der Waals surface area contributed by atoms with Gasteiger partial charge < -0.3 is 15.1 Å². The quantitative estimate of drug-likeness (QED) is 0.843. The third kappa shape index (κ3) is 4.16. The van der Waals surface area contributed by atoms with Gasteiger partial charge in [0.2, 0.25) is 11.7 Å². The van der Waals surface area contributed by atoms with Crippen LogP contribution in [0.15, 0.2) is 24.4 Å². The molecular formula is C20H27N5O3. The highest BCUT2D eigenvalue weighted by Crippen LogP contribution is 2.17. The zero-order valence-corrected chi connectivity index (χ0v) is 16.6. The Morgan fingerprint density at radius 1 is 1.11 bits per heavy atom. The lowest BCUT2D eigenvalue weighted by Gasteiger charge is -2.33. The zero-order valence-electron chi connectivity index (χ0n) is 16.6. The molecule has 2 aromatic rings. The van der Waals surface area contributed by atoms with Gasteiger partial charge in [-0.25, -0.2) is 4.98 Å². The highest BCUT2D eigenvalue weighted by molar-refractivity contribution is 6.02. The standard InChI is InChI=1S/C20H27N5O3/c1-14(2)7-8-21-19(27)18-22-17(16-6-4-5-9-25(16)18)20(28)24-12-10-23(11-13-24)15(3)26/h4-6,9,14H,7-8,10-13H2,1-3H3,(H,21,27). The van der Waals surface area contributed by atoms with E-state index in [4.69, 9.17) is 0 Å². The number of imidazole rings is 1. The summed E-state index contributed by atoms with van der Waals surface area (Å²) in [5.74, 6) is 0.212. The van der Waals surface area contributed by atoms with Gasteiger partial charge >= 0.3 is 0 Å². The van der Waals surface area contributed by atoms with E-state index in [0.29, 0.717) is 44.2 Å². The summed E-state index contributed by atoms with van der Waals surface area (Å²) in [6.07, 6.45) is 2.62. The summed E-state index contributed by atoms with van der Waals surface area (Å²) in [4.78, 5) is 45.0. The summed E-state index contributed by atoms with van der Waals surface area (Å²) in [6, 6.07) is 5.42. The fraction of sp³-hybridized carbons (Fsp3) is 0.500. The van der Waals surface area contributed by atoms with Crippen molar-refractivity contribution in [2.24, 2.45) is 5.92 Å². The maximum Gasteiger partial charge on any atom is 0.287 e. The molecule has 150 valence electrons. The first-order chi connectivity index (χ1) is 13.4. The van der Waals surface area contributed by atoms with Crippen LogP contribution in [-0.2, 0) is 4.79 Å². The van der Waals surface area contributed by atoms with Crippen LogP contribution in [0.2, 0.25) is 0 Å². The van der Waals surface area contributed by atoms with Crippen LogP contribution in [-0.4, -0.2) is 69.6 Å². The molecular weight excluding hydrogens is 358 g/mol. The van der Waals surface area contributed by atoms with Crippen LogP contribution < -0.4 is 5.32 Å². The van der Waals surface area contributed by atoms with Crippen molar-refractivity contribution in [1.29, 1.82) is 0 Å². The van der Waals surface area contributed by atoms with Crippen molar-refractivity contribution in [2.45, 2.75) is 27.2 Å². The maximum atomic E-state index is 13.0. The van der Waals surface area contributed by atoms with Gasteiger partial charge in [0.1, 0.15) is 0 Å². The third-order valence-electron chi connectivity index (χ3n) is 4.97. The highest BCUT2D eigenvalue weighted by atomic mass is 16.2. The Balaban J connectivity index is 1.81. The van der Waals surface area contributed by atoms with Gasteiger partial charge in [0, 0.05) is 45.8 Å². The molecule has 0 atom stereocenters. The molecule has 2 aromatic heterocycles. The van der Waals surface area contributed by atoms with Crippen LogP contribution in [0.3, 0.4) is 0 Å². The molecule has 3 rings (SSSR count). The minimum atomic E-state index is -0.290. The number of aromatic nitrogens is 2. The van der Waals surface area contributed by atoms with Crippen LogP contribution in [0.5, 0.6) is 0 Å². The van der Waals surface area contributed by atoms with Crippen molar-refractivity contribution in [3.05, 3.63) is 35.9 Å². The lowest BCUT2D eigenvalue weighted by atomic mass is 10.1. The number of pyridine rings is 1. The largest absolute Gasteiger partial charge is 0.349 e. The minimum Gasteiger partial charge on any atom is -0.349 e. The highest BCUT2D eigenvalue weighted by Gasteiger charge is 2.28. The van der Waals surface area contributed by atoms with Crippen molar-refractivity contribution < 1.29 is 14.4 Å². The molecule has 0 spiro atoms. The lowest BCUT2D eigenvalue weighted by Crippen LogP contribution is -2.50. The molecule has 3 heterocycles. The topological polar surface area (TPSA) is 87.0 Å². The molecule has 3 amide bonds. The number of carbonyl (C=O) groups is 3. The first-order valence-electron chi connectivity index (χ1n) is 9.68. The van der Waals surface area contributed by atoms with Crippen molar-refractivity contribution in [2.75, 3.05) is 32.7 Å². The number of rotatable bonds is 5. The Bertz CT molecular complexity index is 881. The second kappa shape index (κ2) is 8.41. The fourth-order valence-electron chi connectivity index (χ4n) is 3.28. The first kappa shape index (κ1) is 19.9. The van der Waals surface area contributed by atoms with E-state index in [9.17, 15) is 14.4 Å². The summed E-state index contributed by atoms with van der Waals surface area (Å²) >= 11 is 0. The second-order valence-electron chi connectivity index (χ2n) is 7.48. The van der Waals surface area contributed by atoms with E-state index in [2.05, 4.69) is 24.1 Å². The third-order valence-corrected chi connectivity index (χ3v) is 4.97. The van der Waals surface area contributed by atoms with Crippen molar-refractivity contribution >= 4 is 23.2 Å². The molecule has 0 radical (unpaired) electrons. The van der Waals surface area contributed by atoms with Gasteiger partial charge in [-0.1, -0.05) is 19.9 Å². The van der Waals surface area contributed by atoms with E-state index in [1.165, 1.54) is 6.92 Å². The number of nitrogens with one attached hydrogen (secondary N) is 1. The summed E-state index contributed by atoms with van der Waals surface area (Å²) in [6.45, 7) is 8.23. The van der Waals surface area contributed by atoms with Gasteiger partial charge in [-0.3, -0.25) is 18.8 Å². The molecule has 0 bridgehead atoms. The van der Waals surface area contributed by atoms with Gasteiger partial charge in [-0.05, 0) is 24.5 Å². The molecule has 1 aliphatic heterocycles. The van der Waals surface area contributed by atoms with Crippen molar-refractivity contribution in [3.8, 4) is 0 Å². The van der Waals surface area contributed by atoms with E-state index >= 15 is 0 Å². The monoisotopic (exact) mass is 385 g/mol. The summed E-state index contributed by atoms with van der Waals surface area (Å²) in [7, 11) is 0. The van der Waals surface area contributed by atoms with E-state index in [0.717, 1.165) is 6.42 Å². The van der Waals surface area contributed by atoms with Crippen LogP contribution in [0.4, 0.5) is 0 Å².